The number of nitrogens with one attached hydrogen (secondary N) is 1. The lowest BCUT2D eigenvalue weighted by Crippen LogP contribution is -2.19. The average molecular weight is 248 g/mol. The van der Waals surface area contributed by atoms with E-state index in [4.69, 9.17) is 27.9 Å². The van der Waals surface area contributed by atoms with Crippen LogP contribution in [0.15, 0.2) is 18.2 Å². The maximum Gasteiger partial charge on any atom is 0.0949 e. The molecule has 0 spiro atoms. The first-order valence-corrected chi connectivity index (χ1v) is 5.65. The van der Waals surface area contributed by atoms with Gasteiger partial charge in [0.2, 0.25) is 0 Å². The molecule has 1 atom stereocenters. The molecule has 1 N–H and O–H groups in total. The Morgan fingerprint density at radius 3 is 2.60 bits per heavy atom. The molecule has 0 radical (unpaired) electrons. The molecule has 0 aliphatic heterocycles. The van der Waals surface area contributed by atoms with Gasteiger partial charge in [-0.1, -0.05) is 29.3 Å². The van der Waals surface area contributed by atoms with Crippen LogP contribution in [0.5, 0.6) is 0 Å². The van der Waals surface area contributed by atoms with E-state index in [9.17, 15) is 0 Å². The molecule has 2 nitrogen and oxygen atoms in total. The zero-order valence-electron chi connectivity index (χ0n) is 8.89. The molecule has 0 amide bonds. The van der Waals surface area contributed by atoms with Crippen molar-refractivity contribution < 1.29 is 4.74 Å². The molecule has 0 saturated heterocycles. The molecular weight excluding hydrogens is 233 g/mol. The third-order valence-electron chi connectivity index (χ3n) is 2.07. The highest BCUT2D eigenvalue weighted by atomic mass is 35.5. The standard InChI is InChI=1S/C11H15Cl2NO/c1-3-15-11(7-14-2)8-4-5-9(12)10(13)6-8/h4-6,11,14H,3,7H2,1-2H3. The molecule has 0 aromatic heterocycles. The summed E-state index contributed by atoms with van der Waals surface area (Å²) in [7, 11) is 1.89. The van der Waals surface area contributed by atoms with Crippen molar-refractivity contribution in [3.63, 3.8) is 0 Å². The maximum absolute atomic E-state index is 5.95. The first kappa shape index (κ1) is 12.8. The van der Waals surface area contributed by atoms with E-state index < -0.39 is 0 Å². The highest BCUT2D eigenvalue weighted by Gasteiger charge is 2.11. The van der Waals surface area contributed by atoms with Crippen LogP contribution < -0.4 is 5.32 Å². The second kappa shape index (κ2) is 6.33. The molecular formula is C11H15Cl2NO. The zero-order chi connectivity index (χ0) is 11.3. The van der Waals surface area contributed by atoms with Gasteiger partial charge >= 0.3 is 0 Å². The molecule has 0 aliphatic carbocycles. The van der Waals surface area contributed by atoms with Gasteiger partial charge in [-0.25, -0.2) is 0 Å². The SMILES string of the molecule is CCOC(CNC)c1ccc(Cl)c(Cl)c1. The minimum atomic E-state index is 0.0229. The summed E-state index contributed by atoms with van der Waals surface area (Å²) in [4.78, 5) is 0. The fourth-order valence-corrected chi connectivity index (χ4v) is 1.68. The van der Waals surface area contributed by atoms with E-state index in [0.717, 1.165) is 12.1 Å². The molecule has 0 heterocycles. The van der Waals surface area contributed by atoms with Gasteiger partial charge in [-0.3, -0.25) is 0 Å². The normalized spacial score (nSPS) is 12.8. The van der Waals surface area contributed by atoms with Crippen molar-refractivity contribution in [3.05, 3.63) is 33.8 Å². The smallest absolute Gasteiger partial charge is 0.0949 e. The van der Waals surface area contributed by atoms with Crippen LogP contribution in [0.1, 0.15) is 18.6 Å². The highest BCUT2D eigenvalue weighted by Crippen LogP contribution is 2.26. The fraction of sp³-hybridized carbons (Fsp3) is 0.455. The van der Waals surface area contributed by atoms with Gasteiger partial charge in [0.15, 0.2) is 0 Å². The molecule has 4 heteroatoms. The Morgan fingerprint density at radius 1 is 1.33 bits per heavy atom. The van der Waals surface area contributed by atoms with Crippen molar-refractivity contribution in [1.29, 1.82) is 0 Å². The summed E-state index contributed by atoms with van der Waals surface area (Å²) in [5.74, 6) is 0. The fourth-order valence-electron chi connectivity index (χ4n) is 1.37. The van der Waals surface area contributed by atoms with Gasteiger partial charge in [0.05, 0.1) is 16.1 Å². The second-order valence-corrected chi connectivity index (χ2v) is 3.99. The molecule has 1 unspecified atom stereocenters. The second-order valence-electron chi connectivity index (χ2n) is 3.18. The summed E-state index contributed by atoms with van der Waals surface area (Å²) in [6.45, 7) is 3.40. The van der Waals surface area contributed by atoms with Crippen LogP contribution in [0.4, 0.5) is 0 Å². The van der Waals surface area contributed by atoms with Crippen LogP contribution in [-0.4, -0.2) is 20.2 Å². The first-order valence-electron chi connectivity index (χ1n) is 4.90. The Morgan fingerprint density at radius 2 is 2.07 bits per heavy atom. The molecule has 84 valence electrons. The summed E-state index contributed by atoms with van der Waals surface area (Å²) in [6.07, 6.45) is 0.0229. The predicted molar refractivity (Wildman–Crippen MR) is 64.8 cm³/mol. The summed E-state index contributed by atoms with van der Waals surface area (Å²) in [6, 6.07) is 5.58. The number of hydrogen-bond donors (Lipinski definition) is 1. The van der Waals surface area contributed by atoms with E-state index >= 15 is 0 Å². The average Bonchev–Trinajstić information content (AvgIpc) is 2.22. The lowest BCUT2D eigenvalue weighted by molar-refractivity contribution is 0.0638. The number of halogens is 2. The quantitative estimate of drug-likeness (QED) is 0.863. The van der Waals surface area contributed by atoms with Gasteiger partial charge in [0.1, 0.15) is 0 Å². The van der Waals surface area contributed by atoms with E-state index in [2.05, 4.69) is 5.32 Å². The number of ether oxygens (including phenoxy) is 1. The summed E-state index contributed by atoms with van der Waals surface area (Å²) < 4.78 is 5.60. The number of benzene rings is 1. The Bertz CT molecular complexity index is 311. The number of hydrogen-bond acceptors (Lipinski definition) is 2. The Balaban J connectivity index is 2.85. The van der Waals surface area contributed by atoms with E-state index in [0.29, 0.717) is 16.7 Å². The van der Waals surface area contributed by atoms with Crippen LogP contribution in [0.25, 0.3) is 0 Å². The van der Waals surface area contributed by atoms with Gasteiger partial charge in [0.25, 0.3) is 0 Å². The minimum absolute atomic E-state index is 0.0229. The van der Waals surface area contributed by atoms with Gasteiger partial charge < -0.3 is 10.1 Å². The Kier molecular flexibility index (Phi) is 5.40. The van der Waals surface area contributed by atoms with Gasteiger partial charge in [-0.15, -0.1) is 0 Å². The van der Waals surface area contributed by atoms with Gasteiger partial charge in [-0.05, 0) is 31.7 Å². The lowest BCUT2D eigenvalue weighted by Gasteiger charge is -2.17. The largest absolute Gasteiger partial charge is 0.372 e. The highest BCUT2D eigenvalue weighted by molar-refractivity contribution is 6.42. The van der Waals surface area contributed by atoms with Crippen molar-refractivity contribution in [3.8, 4) is 0 Å². The first-order chi connectivity index (χ1) is 7.19. The van der Waals surface area contributed by atoms with Crippen molar-refractivity contribution in [2.75, 3.05) is 20.2 Å². The van der Waals surface area contributed by atoms with Crippen LogP contribution in [-0.2, 0) is 4.74 Å². The molecule has 0 fully saturated rings. The Labute approximate surface area is 101 Å². The monoisotopic (exact) mass is 247 g/mol. The Hall–Kier alpha value is -0.280. The molecule has 1 rings (SSSR count). The summed E-state index contributed by atoms with van der Waals surface area (Å²) in [5, 5.41) is 4.22. The van der Waals surface area contributed by atoms with Crippen molar-refractivity contribution in [2.24, 2.45) is 0 Å². The predicted octanol–water partition coefficient (Wildman–Crippen LogP) is 3.29. The van der Waals surface area contributed by atoms with Crippen LogP contribution >= 0.6 is 23.2 Å². The molecule has 1 aromatic carbocycles. The van der Waals surface area contributed by atoms with E-state index in [-0.39, 0.29) is 6.10 Å². The van der Waals surface area contributed by atoms with E-state index in [1.165, 1.54) is 0 Å². The van der Waals surface area contributed by atoms with E-state index in [1.54, 1.807) is 6.07 Å². The van der Waals surface area contributed by atoms with Crippen LogP contribution in [0.3, 0.4) is 0 Å². The molecule has 0 bridgehead atoms. The third kappa shape index (κ3) is 3.65. The molecule has 0 saturated carbocycles. The van der Waals surface area contributed by atoms with Gasteiger partial charge in [-0.2, -0.15) is 0 Å². The van der Waals surface area contributed by atoms with Gasteiger partial charge in [0, 0.05) is 13.2 Å². The van der Waals surface area contributed by atoms with Crippen molar-refractivity contribution >= 4 is 23.2 Å². The molecule has 0 aliphatic rings. The number of rotatable bonds is 5. The topological polar surface area (TPSA) is 21.3 Å². The van der Waals surface area contributed by atoms with E-state index in [1.807, 2.05) is 26.1 Å². The number of likely N-dealkylation sites (N-methyl/N-ethyl adjacent to an activating group) is 1. The lowest BCUT2D eigenvalue weighted by atomic mass is 10.1. The summed E-state index contributed by atoms with van der Waals surface area (Å²) in [5.41, 5.74) is 1.04. The summed E-state index contributed by atoms with van der Waals surface area (Å²) >= 11 is 11.8. The van der Waals surface area contributed by atoms with Crippen LogP contribution in [0, 0.1) is 0 Å². The molecule has 1 aromatic rings. The maximum atomic E-state index is 5.95. The molecule has 15 heavy (non-hydrogen) atoms. The third-order valence-corrected chi connectivity index (χ3v) is 2.81. The van der Waals surface area contributed by atoms with Crippen molar-refractivity contribution in [1.82, 2.24) is 5.32 Å². The zero-order valence-corrected chi connectivity index (χ0v) is 10.4. The van der Waals surface area contributed by atoms with Crippen LogP contribution in [0.2, 0.25) is 10.0 Å². The van der Waals surface area contributed by atoms with Crippen molar-refractivity contribution in [2.45, 2.75) is 13.0 Å². The minimum Gasteiger partial charge on any atom is -0.372 e.